The number of carbonyl (C=O) groups excluding carboxylic acids is 1. The number of aromatic nitrogens is 2. The second-order valence-electron chi connectivity index (χ2n) is 6.78. The van der Waals surface area contributed by atoms with Crippen LogP contribution in [0.5, 0.6) is 0 Å². The molecular weight excluding hydrogens is 359 g/mol. The van der Waals surface area contributed by atoms with Gasteiger partial charge in [0.2, 0.25) is 0 Å². The largest absolute Gasteiger partial charge is 0.462 e. The third-order valence-electron chi connectivity index (χ3n) is 5.05. The fraction of sp³-hybridized carbons (Fsp3) is 0.286. The molecule has 2 aromatic heterocycles. The SMILES string of the molecule is CCOC(=O)c1cnn2ccc(N3CC(C#N)CC3c3cccc(F)c3)cc12. The summed E-state index contributed by atoms with van der Waals surface area (Å²) in [5.41, 5.74) is 2.71. The summed E-state index contributed by atoms with van der Waals surface area (Å²) in [6.07, 6.45) is 3.88. The highest BCUT2D eigenvalue weighted by molar-refractivity contribution is 5.97. The van der Waals surface area contributed by atoms with Crippen molar-refractivity contribution in [1.82, 2.24) is 9.61 Å². The average Bonchev–Trinajstić information content (AvgIpc) is 3.32. The van der Waals surface area contributed by atoms with E-state index in [2.05, 4.69) is 16.1 Å². The highest BCUT2D eigenvalue weighted by Crippen LogP contribution is 2.39. The van der Waals surface area contributed by atoms with E-state index >= 15 is 0 Å². The second kappa shape index (κ2) is 7.31. The van der Waals surface area contributed by atoms with Gasteiger partial charge in [-0.3, -0.25) is 0 Å². The topological polar surface area (TPSA) is 70.6 Å². The minimum Gasteiger partial charge on any atom is -0.462 e. The van der Waals surface area contributed by atoms with Crippen molar-refractivity contribution in [3.63, 3.8) is 0 Å². The highest BCUT2D eigenvalue weighted by atomic mass is 19.1. The van der Waals surface area contributed by atoms with Crippen LogP contribution in [0.25, 0.3) is 5.52 Å². The van der Waals surface area contributed by atoms with Gasteiger partial charge in [0.15, 0.2) is 0 Å². The van der Waals surface area contributed by atoms with Crippen LogP contribution in [-0.4, -0.2) is 28.7 Å². The molecule has 6 nitrogen and oxygen atoms in total. The van der Waals surface area contributed by atoms with Crippen LogP contribution in [0.15, 0.2) is 48.8 Å². The number of anilines is 1. The van der Waals surface area contributed by atoms with Crippen LogP contribution < -0.4 is 4.90 Å². The van der Waals surface area contributed by atoms with E-state index in [0.29, 0.717) is 24.0 Å². The van der Waals surface area contributed by atoms with Crippen LogP contribution in [0, 0.1) is 23.1 Å². The lowest BCUT2D eigenvalue weighted by Gasteiger charge is -2.27. The minimum absolute atomic E-state index is 0.114. The van der Waals surface area contributed by atoms with Crippen LogP contribution in [0.3, 0.4) is 0 Å². The van der Waals surface area contributed by atoms with Gasteiger partial charge in [-0.25, -0.2) is 13.7 Å². The molecule has 142 valence electrons. The predicted octanol–water partition coefficient (Wildman–Crippen LogP) is 3.74. The second-order valence-corrected chi connectivity index (χ2v) is 6.78. The standard InChI is InChI=1S/C21H19FN4O2/c1-2-28-21(27)18-12-24-26-7-6-17(10-20(18)26)25-13-14(11-23)8-19(25)15-4-3-5-16(22)9-15/h3-7,9-10,12,14,19H,2,8,13H2,1H3. The Morgan fingerprint density at radius 2 is 2.25 bits per heavy atom. The molecule has 2 unspecified atom stereocenters. The number of nitriles is 1. The van der Waals surface area contributed by atoms with E-state index in [0.717, 1.165) is 11.3 Å². The molecule has 3 aromatic rings. The number of benzene rings is 1. The van der Waals surface area contributed by atoms with Crippen molar-refractivity contribution in [2.24, 2.45) is 5.92 Å². The lowest BCUT2D eigenvalue weighted by molar-refractivity contribution is 0.0528. The van der Waals surface area contributed by atoms with Gasteiger partial charge in [0, 0.05) is 18.4 Å². The third kappa shape index (κ3) is 3.18. The number of rotatable bonds is 4. The maximum Gasteiger partial charge on any atom is 0.341 e. The first kappa shape index (κ1) is 18.0. The van der Waals surface area contributed by atoms with Crippen LogP contribution in [0.4, 0.5) is 10.1 Å². The van der Waals surface area contributed by atoms with Gasteiger partial charge < -0.3 is 9.64 Å². The van der Waals surface area contributed by atoms with Crippen LogP contribution in [0.1, 0.15) is 35.3 Å². The zero-order valence-corrected chi connectivity index (χ0v) is 15.4. The Balaban J connectivity index is 1.75. The number of ether oxygens (including phenoxy) is 1. The van der Waals surface area contributed by atoms with E-state index < -0.39 is 5.97 Å². The Morgan fingerprint density at radius 1 is 1.39 bits per heavy atom. The van der Waals surface area contributed by atoms with E-state index in [1.165, 1.54) is 18.3 Å². The number of pyridine rings is 1. The van der Waals surface area contributed by atoms with Gasteiger partial charge in [0.05, 0.1) is 36.3 Å². The highest BCUT2D eigenvalue weighted by Gasteiger charge is 2.34. The average molecular weight is 378 g/mol. The van der Waals surface area contributed by atoms with E-state index in [4.69, 9.17) is 4.74 Å². The first-order valence-electron chi connectivity index (χ1n) is 9.17. The maximum absolute atomic E-state index is 13.8. The van der Waals surface area contributed by atoms with Gasteiger partial charge in [-0.1, -0.05) is 12.1 Å². The van der Waals surface area contributed by atoms with Crippen molar-refractivity contribution in [2.75, 3.05) is 18.1 Å². The number of halogens is 1. The maximum atomic E-state index is 13.8. The molecule has 1 aromatic carbocycles. The molecule has 2 atom stereocenters. The summed E-state index contributed by atoms with van der Waals surface area (Å²) >= 11 is 0. The molecule has 1 aliphatic heterocycles. The van der Waals surface area contributed by atoms with Crippen molar-refractivity contribution < 1.29 is 13.9 Å². The Hall–Kier alpha value is -3.40. The quantitative estimate of drug-likeness (QED) is 0.647. The summed E-state index contributed by atoms with van der Waals surface area (Å²) in [5, 5.41) is 13.6. The summed E-state index contributed by atoms with van der Waals surface area (Å²) in [7, 11) is 0. The van der Waals surface area contributed by atoms with E-state index in [9.17, 15) is 14.4 Å². The van der Waals surface area contributed by atoms with Crippen molar-refractivity contribution in [1.29, 1.82) is 5.26 Å². The molecule has 0 saturated carbocycles. The van der Waals surface area contributed by atoms with Crippen molar-refractivity contribution in [3.05, 3.63) is 65.7 Å². The number of hydrogen-bond acceptors (Lipinski definition) is 5. The van der Waals surface area contributed by atoms with Crippen molar-refractivity contribution in [2.45, 2.75) is 19.4 Å². The minimum atomic E-state index is -0.423. The molecule has 0 amide bonds. The molecule has 0 aliphatic carbocycles. The van der Waals surface area contributed by atoms with Gasteiger partial charge in [-0.15, -0.1) is 0 Å². The number of nitrogens with zero attached hydrogens (tertiary/aromatic N) is 4. The number of fused-ring (bicyclic) bond motifs is 1. The fourth-order valence-corrected chi connectivity index (χ4v) is 3.76. The number of carbonyl (C=O) groups is 1. The van der Waals surface area contributed by atoms with Crippen LogP contribution >= 0.6 is 0 Å². The predicted molar refractivity (Wildman–Crippen MR) is 101 cm³/mol. The van der Waals surface area contributed by atoms with E-state index in [1.54, 1.807) is 23.7 Å². The lowest BCUT2D eigenvalue weighted by atomic mass is 10.0. The molecule has 4 rings (SSSR count). The number of hydrogen-bond donors (Lipinski definition) is 0. The fourth-order valence-electron chi connectivity index (χ4n) is 3.76. The van der Waals surface area contributed by atoms with E-state index in [-0.39, 0.29) is 24.4 Å². The molecule has 1 fully saturated rings. The summed E-state index contributed by atoms with van der Waals surface area (Å²) < 4.78 is 20.5. The van der Waals surface area contributed by atoms with Gasteiger partial charge >= 0.3 is 5.97 Å². The molecule has 1 aliphatic rings. The van der Waals surface area contributed by atoms with Crippen LogP contribution in [0.2, 0.25) is 0 Å². The Bertz CT molecular complexity index is 1070. The van der Waals surface area contributed by atoms with Gasteiger partial charge in [0.25, 0.3) is 0 Å². The van der Waals surface area contributed by atoms with Gasteiger partial charge in [0.1, 0.15) is 11.4 Å². The van der Waals surface area contributed by atoms with Gasteiger partial charge in [-0.05, 0) is 43.2 Å². The molecule has 3 heterocycles. The molecule has 1 saturated heterocycles. The number of esters is 1. The normalized spacial score (nSPS) is 19.0. The summed E-state index contributed by atoms with van der Waals surface area (Å²) in [4.78, 5) is 14.3. The summed E-state index contributed by atoms with van der Waals surface area (Å²) in [6.45, 7) is 2.58. The van der Waals surface area contributed by atoms with Gasteiger partial charge in [-0.2, -0.15) is 10.4 Å². The van der Waals surface area contributed by atoms with E-state index in [1.807, 2.05) is 18.2 Å². The zero-order valence-electron chi connectivity index (χ0n) is 15.4. The first-order valence-corrected chi connectivity index (χ1v) is 9.17. The Kier molecular flexibility index (Phi) is 4.70. The van der Waals surface area contributed by atoms with Crippen LogP contribution in [-0.2, 0) is 4.74 Å². The smallest absolute Gasteiger partial charge is 0.341 e. The molecule has 0 spiro atoms. The Labute approximate surface area is 161 Å². The molecule has 0 N–H and O–H groups in total. The molecule has 0 radical (unpaired) electrons. The summed E-state index contributed by atoms with van der Waals surface area (Å²) in [5.74, 6) is -0.875. The first-order chi connectivity index (χ1) is 13.6. The zero-order chi connectivity index (χ0) is 19.7. The molecule has 28 heavy (non-hydrogen) atoms. The summed E-state index contributed by atoms with van der Waals surface area (Å²) in [6, 6.07) is 12.5. The lowest BCUT2D eigenvalue weighted by Crippen LogP contribution is -2.23. The Morgan fingerprint density at radius 3 is 3.00 bits per heavy atom. The van der Waals surface area contributed by atoms with Crippen molar-refractivity contribution in [3.8, 4) is 6.07 Å². The molecule has 0 bridgehead atoms. The van der Waals surface area contributed by atoms with Crippen molar-refractivity contribution >= 4 is 17.2 Å². The monoisotopic (exact) mass is 378 g/mol. The molecule has 7 heteroatoms. The third-order valence-corrected chi connectivity index (χ3v) is 5.05. The molecular formula is C21H19FN4O2.